The zero-order valence-electron chi connectivity index (χ0n) is 26.0. The second-order valence-electron chi connectivity index (χ2n) is 13.4. The SMILES string of the molecule is CC(C)(C)OC(=O)N1CCC[C@H]1C(=O)NCc1ccc(-c2ccc3nc([C@@H]4CCCN4C(=O)OC(C)(C)C)[nH]c3c2)cc1. The number of imidazole rings is 1. The van der Waals surface area contributed by atoms with Crippen LogP contribution in [0, 0.1) is 0 Å². The summed E-state index contributed by atoms with van der Waals surface area (Å²) in [4.78, 5) is 49.8. The maximum Gasteiger partial charge on any atom is 0.410 e. The van der Waals surface area contributed by atoms with E-state index in [4.69, 9.17) is 14.5 Å². The number of H-pyrrole nitrogens is 1. The number of rotatable bonds is 5. The highest BCUT2D eigenvalue weighted by molar-refractivity contribution is 5.86. The van der Waals surface area contributed by atoms with Crippen LogP contribution in [-0.4, -0.2) is 68.2 Å². The Kier molecular flexibility index (Phi) is 8.40. The van der Waals surface area contributed by atoms with Crippen molar-refractivity contribution in [2.45, 2.75) is 97.1 Å². The van der Waals surface area contributed by atoms with Crippen molar-refractivity contribution in [1.82, 2.24) is 25.1 Å². The first kappa shape index (κ1) is 30.4. The van der Waals surface area contributed by atoms with E-state index in [1.165, 1.54) is 4.90 Å². The zero-order chi connectivity index (χ0) is 30.9. The van der Waals surface area contributed by atoms with Gasteiger partial charge in [0.2, 0.25) is 5.91 Å². The van der Waals surface area contributed by atoms with E-state index < -0.39 is 23.3 Å². The number of fused-ring (bicyclic) bond motifs is 1. The highest BCUT2D eigenvalue weighted by Gasteiger charge is 2.37. The summed E-state index contributed by atoms with van der Waals surface area (Å²) in [5, 5.41) is 2.99. The number of hydrogen-bond acceptors (Lipinski definition) is 6. The Morgan fingerprint density at radius 3 is 2.14 bits per heavy atom. The third-order valence-electron chi connectivity index (χ3n) is 7.63. The molecule has 10 heteroatoms. The molecule has 0 radical (unpaired) electrons. The van der Waals surface area contributed by atoms with E-state index in [9.17, 15) is 14.4 Å². The molecular weight excluding hydrogens is 546 g/mol. The molecule has 0 saturated carbocycles. The van der Waals surface area contributed by atoms with Crippen molar-refractivity contribution in [3.63, 3.8) is 0 Å². The fourth-order valence-electron chi connectivity index (χ4n) is 5.66. The number of carbonyl (C=O) groups excluding carboxylic acids is 3. The molecule has 5 rings (SSSR count). The second-order valence-corrected chi connectivity index (χ2v) is 13.4. The largest absolute Gasteiger partial charge is 0.444 e. The smallest absolute Gasteiger partial charge is 0.410 e. The number of benzene rings is 2. The summed E-state index contributed by atoms with van der Waals surface area (Å²) in [6, 6.07) is 13.5. The van der Waals surface area contributed by atoms with Crippen molar-refractivity contribution in [1.29, 1.82) is 0 Å². The summed E-state index contributed by atoms with van der Waals surface area (Å²) >= 11 is 0. The van der Waals surface area contributed by atoms with Crippen LogP contribution in [0.2, 0.25) is 0 Å². The highest BCUT2D eigenvalue weighted by atomic mass is 16.6. The van der Waals surface area contributed by atoms with Gasteiger partial charge in [0.15, 0.2) is 0 Å². The summed E-state index contributed by atoms with van der Waals surface area (Å²) in [5.74, 6) is 0.606. The van der Waals surface area contributed by atoms with Crippen LogP contribution in [0.4, 0.5) is 9.59 Å². The van der Waals surface area contributed by atoms with Crippen molar-refractivity contribution >= 4 is 29.1 Å². The lowest BCUT2D eigenvalue weighted by Crippen LogP contribution is -2.47. The van der Waals surface area contributed by atoms with Crippen LogP contribution in [0.5, 0.6) is 0 Å². The molecule has 2 atom stereocenters. The van der Waals surface area contributed by atoms with Gasteiger partial charge in [0.1, 0.15) is 23.1 Å². The molecule has 3 amide bonds. The minimum absolute atomic E-state index is 0.138. The summed E-state index contributed by atoms with van der Waals surface area (Å²) < 4.78 is 11.1. The van der Waals surface area contributed by atoms with E-state index in [-0.39, 0.29) is 18.0 Å². The summed E-state index contributed by atoms with van der Waals surface area (Å²) in [6.45, 7) is 12.6. The van der Waals surface area contributed by atoms with Crippen LogP contribution in [-0.2, 0) is 20.8 Å². The molecule has 1 aromatic heterocycles. The van der Waals surface area contributed by atoms with Gasteiger partial charge in [-0.1, -0.05) is 30.3 Å². The van der Waals surface area contributed by atoms with Gasteiger partial charge in [-0.2, -0.15) is 0 Å². The van der Waals surface area contributed by atoms with Gasteiger partial charge in [0.25, 0.3) is 0 Å². The van der Waals surface area contributed by atoms with Crippen molar-refractivity contribution in [2.75, 3.05) is 13.1 Å². The fraction of sp³-hybridized carbons (Fsp3) is 0.515. The van der Waals surface area contributed by atoms with E-state index in [1.807, 2.05) is 77.9 Å². The van der Waals surface area contributed by atoms with Crippen LogP contribution in [0.25, 0.3) is 22.2 Å². The van der Waals surface area contributed by atoms with E-state index in [0.29, 0.717) is 26.1 Å². The number of nitrogens with zero attached hydrogens (tertiary/aromatic N) is 3. The van der Waals surface area contributed by atoms with Gasteiger partial charge in [-0.25, -0.2) is 14.6 Å². The number of likely N-dealkylation sites (tertiary alicyclic amines) is 2. The molecule has 2 aliphatic heterocycles. The molecule has 0 bridgehead atoms. The van der Waals surface area contributed by atoms with Gasteiger partial charge >= 0.3 is 12.2 Å². The molecule has 0 unspecified atom stereocenters. The molecule has 2 N–H and O–H groups in total. The normalized spacial score (nSPS) is 19.1. The number of hydrogen-bond donors (Lipinski definition) is 2. The van der Waals surface area contributed by atoms with Gasteiger partial charge in [-0.15, -0.1) is 0 Å². The van der Waals surface area contributed by atoms with Gasteiger partial charge in [0.05, 0.1) is 17.1 Å². The molecule has 2 saturated heterocycles. The Morgan fingerprint density at radius 1 is 0.860 bits per heavy atom. The maximum atomic E-state index is 12.9. The Balaban J connectivity index is 1.22. The van der Waals surface area contributed by atoms with Crippen molar-refractivity contribution in [2.24, 2.45) is 0 Å². The highest BCUT2D eigenvalue weighted by Crippen LogP contribution is 2.33. The summed E-state index contributed by atoms with van der Waals surface area (Å²) in [7, 11) is 0. The second kappa shape index (κ2) is 11.9. The topological polar surface area (TPSA) is 117 Å². The molecule has 2 aromatic carbocycles. The van der Waals surface area contributed by atoms with Crippen molar-refractivity contribution in [3.05, 3.63) is 53.9 Å². The lowest BCUT2D eigenvalue weighted by molar-refractivity contribution is -0.125. The molecule has 43 heavy (non-hydrogen) atoms. The standard InChI is InChI=1S/C33H43N5O5/c1-32(2,3)42-30(40)37-17-7-9-26(37)28-35-24-16-15-23(19-25(24)36-28)22-13-11-21(12-14-22)20-34-29(39)27-10-8-18-38(27)31(41)43-33(4,5)6/h11-16,19,26-27H,7-10,17-18,20H2,1-6H3,(H,34,39)(H,35,36)/t26-,27-/m0/s1. The number of nitrogens with one attached hydrogen (secondary N) is 2. The number of aromatic nitrogens is 2. The lowest BCUT2D eigenvalue weighted by atomic mass is 10.0. The molecule has 230 valence electrons. The Labute approximate surface area is 253 Å². The van der Waals surface area contributed by atoms with E-state index in [0.717, 1.165) is 52.8 Å². The predicted octanol–water partition coefficient (Wildman–Crippen LogP) is 6.32. The monoisotopic (exact) mass is 589 g/mol. The van der Waals surface area contributed by atoms with Crippen LogP contribution in [0.15, 0.2) is 42.5 Å². The summed E-state index contributed by atoms with van der Waals surface area (Å²) in [5.41, 5.74) is 3.64. The van der Waals surface area contributed by atoms with Crippen LogP contribution >= 0.6 is 0 Å². The number of carbonyl (C=O) groups is 3. The molecule has 2 aliphatic rings. The minimum Gasteiger partial charge on any atom is -0.444 e. The van der Waals surface area contributed by atoms with Crippen LogP contribution < -0.4 is 5.32 Å². The molecular formula is C33H43N5O5. The molecule has 0 aliphatic carbocycles. The van der Waals surface area contributed by atoms with Gasteiger partial charge in [-0.3, -0.25) is 14.6 Å². The number of aromatic amines is 1. The van der Waals surface area contributed by atoms with Gasteiger partial charge in [0, 0.05) is 19.6 Å². The van der Waals surface area contributed by atoms with Crippen molar-refractivity contribution in [3.8, 4) is 11.1 Å². The third kappa shape index (κ3) is 7.29. The Bertz CT molecular complexity index is 1480. The minimum atomic E-state index is -0.606. The Hall–Kier alpha value is -4.08. The molecule has 3 aromatic rings. The zero-order valence-corrected chi connectivity index (χ0v) is 26.0. The predicted molar refractivity (Wildman–Crippen MR) is 164 cm³/mol. The fourth-order valence-corrected chi connectivity index (χ4v) is 5.66. The molecule has 10 nitrogen and oxygen atoms in total. The van der Waals surface area contributed by atoms with Gasteiger partial charge < -0.3 is 19.8 Å². The number of ether oxygens (including phenoxy) is 2. The average molecular weight is 590 g/mol. The van der Waals surface area contributed by atoms with Crippen LogP contribution in [0.3, 0.4) is 0 Å². The lowest BCUT2D eigenvalue weighted by Gasteiger charge is -2.28. The molecule has 3 heterocycles. The first-order valence-corrected chi connectivity index (χ1v) is 15.1. The third-order valence-corrected chi connectivity index (χ3v) is 7.63. The van der Waals surface area contributed by atoms with Crippen molar-refractivity contribution < 1.29 is 23.9 Å². The van der Waals surface area contributed by atoms with E-state index in [1.54, 1.807) is 4.90 Å². The quantitative estimate of drug-likeness (QED) is 0.360. The Morgan fingerprint density at radius 2 is 1.47 bits per heavy atom. The molecule has 2 fully saturated rings. The van der Waals surface area contributed by atoms with E-state index >= 15 is 0 Å². The molecule has 0 spiro atoms. The van der Waals surface area contributed by atoms with Gasteiger partial charge in [-0.05, 0) is 96.0 Å². The number of amides is 3. The van der Waals surface area contributed by atoms with E-state index in [2.05, 4.69) is 16.4 Å². The maximum absolute atomic E-state index is 12.9. The first-order valence-electron chi connectivity index (χ1n) is 15.1. The first-order chi connectivity index (χ1) is 20.3. The summed E-state index contributed by atoms with van der Waals surface area (Å²) in [6.07, 6.45) is 2.39. The van der Waals surface area contributed by atoms with Crippen LogP contribution in [0.1, 0.15) is 84.7 Å². The average Bonchev–Trinajstić information content (AvgIpc) is 3.68.